The van der Waals surface area contributed by atoms with Gasteiger partial charge in [-0.2, -0.15) is 0 Å². The first kappa shape index (κ1) is 56.4. The molecule has 1 saturated carbocycles. The zero-order valence-corrected chi connectivity index (χ0v) is 46.9. The van der Waals surface area contributed by atoms with Crippen LogP contribution in [0.15, 0.2) is 188 Å². The van der Waals surface area contributed by atoms with Crippen LogP contribution in [-0.2, 0) is 11.2 Å². The molecule has 10 rings (SSSR count). The van der Waals surface area contributed by atoms with Gasteiger partial charge in [0.1, 0.15) is 28.7 Å². The van der Waals surface area contributed by atoms with E-state index < -0.39 is 24.2 Å². The van der Waals surface area contributed by atoms with E-state index in [1.165, 1.54) is 56.9 Å². The van der Waals surface area contributed by atoms with Gasteiger partial charge in [-0.3, -0.25) is 0 Å². The van der Waals surface area contributed by atoms with Crippen LogP contribution in [0.5, 0.6) is 28.7 Å². The van der Waals surface area contributed by atoms with Crippen LogP contribution in [0.2, 0.25) is 0 Å². The third-order valence-corrected chi connectivity index (χ3v) is 15.9. The number of unbranched alkanes of at least 4 members (excludes halogenated alkanes) is 2. The minimum Gasteiger partial charge on any atom is -0.460 e. The summed E-state index contributed by atoms with van der Waals surface area (Å²) >= 11 is 0. The maximum atomic E-state index is 14.2. The molecule has 0 saturated heterocycles. The van der Waals surface area contributed by atoms with Crippen LogP contribution in [-0.4, -0.2) is 29.0 Å². The second-order valence-corrected chi connectivity index (χ2v) is 21.4. The molecule has 2 unspecified atom stereocenters. The number of allylic oxidation sites excluding steroid dienone is 2. The van der Waals surface area contributed by atoms with Gasteiger partial charge in [-0.1, -0.05) is 137 Å². The molecule has 1 fully saturated rings. The van der Waals surface area contributed by atoms with Gasteiger partial charge in [-0.05, 0) is 199 Å². The Labute approximate surface area is 480 Å². The molecule has 0 aliphatic heterocycles. The van der Waals surface area contributed by atoms with Crippen LogP contribution >= 0.6 is 0 Å². The molecule has 0 amide bonds. The maximum Gasteiger partial charge on any atom is 0.343 e. The topological polar surface area (TPSA) is 135 Å². The molecule has 82 heavy (non-hydrogen) atoms. The average molecular weight is 1090 g/mol. The number of aliphatic hydroxyl groups is 1. The number of carbonyl (C=O) groups excluding carboxylic acids is 4. The largest absolute Gasteiger partial charge is 0.460 e. The van der Waals surface area contributed by atoms with E-state index in [-0.39, 0.29) is 28.9 Å². The summed E-state index contributed by atoms with van der Waals surface area (Å²) in [4.78, 5) is 53.2. The summed E-state index contributed by atoms with van der Waals surface area (Å²) in [6.07, 6.45) is 16.0. The molecule has 0 spiro atoms. The quantitative estimate of drug-likeness (QED) is 0.0274. The number of benzene rings is 8. The molecule has 0 aromatic heterocycles. The van der Waals surface area contributed by atoms with Crippen molar-refractivity contribution < 1.29 is 48.0 Å². The number of aliphatic hydroxyl groups excluding tert-OH is 1. The number of ether oxygens (including phenoxy) is 5. The number of hydrogen-bond donors (Lipinski definition) is 1. The highest BCUT2D eigenvalue weighted by Crippen LogP contribution is 2.48. The van der Waals surface area contributed by atoms with E-state index in [2.05, 4.69) is 38.1 Å². The molecule has 1 N–H and O–H groups in total. The normalized spacial score (nSPS) is 16.2. The van der Waals surface area contributed by atoms with Gasteiger partial charge in [0, 0.05) is 22.3 Å². The highest BCUT2D eigenvalue weighted by atomic mass is 16.6. The fourth-order valence-corrected chi connectivity index (χ4v) is 11.2. The SMILES string of the molecule is C/C=C(/CC)C(=O)Oc1ccc(-c2ccc(C(=O)Oc3ccc(C(O)Oc4ccc5c(c4-c4c(OC(=O)c6ccc(OC(=O)c7ccc(C8CCC(CCCCC)CC8)cc7)cc6)ccc6ccccc46)C=CC(C)C5)cc3)cc2)cc1. The van der Waals surface area contributed by atoms with Gasteiger partial charge in [-0.25, -0.2) is 19.2 Å². The number of esters is 4. The Balaban J connectivity index is 0.816. The summed E-state index contributed by atoms with van der Waals surface area (Å²) in [6.45, 7) is 8.12. The van der Waals surface area contributed by atoms with Crippen molar-refractivity contribution in [1.29, 1.82) is 0 Å². The molecule has 10 heteroatoms. The van der Waals surface area contributed by atoms with Gasteiger partial charge in [0.05, 0.1) is 16.7 Å². The predicted molar refractivity (Wildman–Crippen MR) is 321 cm³/mol. The Hall–Kier alpha value is -8.86. The van der Waals surface area contributed by atoms with Crippen molar-refractivity contribution in [2.45, 2.75) is 104 Å². The summed E-state index contributed by atoms with van der Waals surface area (Å²) < 4.78 is 29.8. The fraction of sp³-hybridized carbons (Fsp3) is 0.250. The second-order valence-electron chi connectivity index (χ2n) is 21.4. The van der Waals surface area contributed by atoms with E-state index in [4.69, 9.17) is 23.7 Å². The van der Waals surface area contributed by atoms with Gasteiger partial charge >= 0.3 is 23.9 Å². The number of rotatable bonds is 19. The van der Waals surface area contributed by atoms with Crippen molar-refractivity contribution in [1.82, 2.24) is 0 Å². The van der Waals surface area contributed by atoms with Crippen LogP contribution in [0, 0.1) is 11.8 Å². The van der Waals surface area contributed by atoms with Gasteiger partial charge in [-0.15, -0.1) is 0 Å². The smallest absolute Gasteiger partial charge is 0.343 e. The van der Waals surface area contributed by atoms with Crippen LogP contribution < -0.4 is 23.7 Å². The first-order chi connectivity index (χ1) is 39.9. The predicted octanol–water partition coefficient (Wildman–Crippen LogP) is 17.2. The minimum absolute atomic E-state index is 0.252. The standard InChI is InChI=1S/C72H68O10/c1-5-8-9-12-47-16-18-49(19-17-47)50-20-24-54(25-21-50)69(74)79-60-38-30-56(31-39-60)71(76)81-64-43-34-53-13-10-11-14-62(53)66(64)67-63-42-15-46(4)45-58(63)35-44-65(67)82-72(77)57-32-40-61(41-33-57)80-70(75)55-26-22-51(23-27-55)52-28-36-59(37-29-52)78-68(73)48(6-2)7-3/h6,10-11,13-15,20-44,46-47,49,72,77H,5,7-9,12,16-19,45H2,1-4H3/b48-6-. The molecule has 0 bridgehead atoms. The summed E-state index contributed by atoms with van der Waals surface area (Å²) in [5.74, 6) is 1.24. The Morgan fingerprint density at radius 2 is 1.15 bits per heavy atom. The van der Waals surface area contributed by atoms with Crippen LogP contribution in [0.3, 0.4) is 0 Å². The lowest BCUT2D eigenvalue weighted by molar-refractivity contribution is -0.130. The molecule has 8 aromatic rings. The number of carbonyl (C=O) groups is 4. The highest BCUT2D eigenvalue weighted by molar-refractivity contribution is 6.05. The van der Waals surface area contributed by atoms with Gasteiger partial charge in [0.2, 0.25) is 6.29 Å². The zero-order valence-electron chi connectivity index (χ0n) is 46.9. The Bertz CT molecular complexity index is 3620. The third kappa shape index (κ3) is 13.3. The van der Waals surface area contributed by atoms with Crippen LogP contribution in [0.4, 0.5) is 0 Å². The highest BCUT2D eigenvalue weighted by Gasteiger charge is 2.27. The lowest BCUT2D eigenvalue weighted by Gasteiger charge is -2.29. The molecule has 10 nitrogen and oxygen atoms in total. The first-order valence-corrected chi connectivity index (χ1v) is 28.7. The molecule has 2 atom stereocenters. The summed E-state index contributed by atoms with van der Waals surface area (Å²) in [7, 11) is 0. The number of fused-ring (bicyclic) bond motifs is 2. The Kier molecular flexibility index (Phi) is 18.0. The van der Waals surface area contributed by atoms with E-state index in [1.807, 2.05) is 92.7 Å². The van der Waals surface area contributed by atoms with Crippen molar-refractivity contribution in [3.63, 3.8) is 0 Å². The molecule has 416 valence electrons. The molecule has 2 aliphatic carbocycles. The number of hydrogen-bond acceptors (Lipinski definition) is 10. The molecule has 8 aromatic carbocycles. The minimum atomic E-state index is -1.45. The molecule has 0 heterocycles. The van der Waals surface area contributed by atoms with E-state index in [0.29, 0.717) is 63.0 Å². The summed E-state index contributed by atoms with van der Waals surface area (Å²) in [5.41, 5.74) is 8.27. The molecule has 2 aliphatic rings. The van der Waals surface area contributed by atoms with E-state index in [0.717, 1.165) is 45.4 Å². The van der Waals surface area contributed by atoms with Crippen molar-refractivity contribution in [2.24, 2.45) is 11.8 Å². The molecule has 0 radical (unpaired) electrons. The van der Waals surface area contributed by atoms with Crippen molar-refractivity contribution in [3.8, 4) is 51.0 Å². The van der Waals surface area contributed by atoms with E-state index in [1.54, 1.807) is 84.9 Å². The van der Waals surface area contributed by atoms with Gasteiger partial charge in [0.25, 0.3) is 0 Å². The Morgan fingerprint density at radius 1 is 0.585 bits per heavy atom. The van der Waals surface area contributed by atoms with Crippen molar-refractivity contribution >= 4 is 40.7 Å². The zero-order chi connectivity index (χ0) is 57.1. The summed E-state index contributed by atoms with van der Waals surface area (Å²) in [5, 5.41) is 13.5. The lowest BCUT2D eigenvalue weighted by atomic mass is 9.77. The van der Waals surface area contributed by atoms with Crippen LogP contribution in [0.1, 0.15) is 151 Å². The lowest BCUT2D eigenvalue weighted by Crippen LogP contribution is -2.14. The fourth-order valence-electron chi connectivity index (χ4n) is 11.2. The average Bonchev–Trinajstić information content (AvgIpc) is 3.61. The van der Waals surface area contributed by atoms with Crippen molar-refractivity contribution in [3.05, 3.63) is 227 Å². The monoisotopic (exact) mass is 1090 g/mol. The van der Waals surface area contributed by atoms with Crippen LogP contribution in [0.25, 0.3) is 39.1 Å². The maximum absolute atomic E-state index is 14.2. The van der Waals surface area contributed by atoms with E-state index in [9.17, 15) is 24.3 Å². The van der Waals surface area contributed by atoms with E-state index >= 15 is 0 Å². The van der Waals surface area contributed by atoms with Gasteiger partial charge < -0.3 is 28.8 Å². The third-order valence-electron chi connectivity index (χ3n) is 15.9. The van der Waals surface area contributed by atoms with Crippen molar-refractivity contribution in [2.75, 3.05) is 0 Å². The first-order valence-electron chi connectivity index (χ1n) is 28.7. The second kappa shape index (κ2) is 26.2. The summed E-state index contributed by atoms with van der Waals surface area (Å²) in [6, 6.07) is 50.1. The molecular formula is C72H68O10. The Morgan fingerprint density at radius 3 is 1.78 bits per heavy atom. The van der Waals surface area contributed by atoms with Gasteiger partial charge in [0.15, 0.2) is 0 Å². The molecular weight excluding hydrogens is 1020 g/mol.